The molecule has 1 aromatic carbocycles. The van der Waals surface area contributed by atoms with Gasteiger partial charge in [0.15, 0.2) is 6.61 Å². The summed E-state index contributed by atoms with van der Waals surface area (Å²) in [6.45, 7) is 3.83. The van der Waals surface area contributed by atoms with Crippen LogP contribution in [-0.4, -0.2) is 62.7 Å². The summed E-state index contributed by atoms with van der Waals surface area (Å²) in [5, 5.41) is 6.08. The molecule has 0 bridgehead atoms. The topological polar surface area (TPSA) is 79.9 Å². The number of hydrogen-bond donors (Lipinski definition) is 2. The van der Waals surface area contributed by atoms with Crippen molar-refractivity contribution in [2.24, 2.45) is 5.92 Å². The maximum absolute atomic E-state index is 12.3. The highest BCUT2D eigenvalue weighted by Gasteiger charge is 2.23. The predicted molar refractivity (Wildman–Crippen MR) is 88.9 cm³/mol. The molecule has 130 valence electrons. The zero-order valence-corrected chi connectivity index (χ0v) is 13.6. The van der Waals surface area contributed by atoms with Gasteiger partial charge in [-0.3, -0.25) is 9.59 Å². The summed E-state index contributed by atoms with van der Waals surface area (Å²) in [5.74, 6) is 0.404. The average molecular weight is 333 g/mol. The first kappa shape index (κ1) is 16.7. The van der Waals surface area contributed by atoms with Crippen molar-refractivity contribution in [3.05, 3.63) is 24.3 Å². The van der Waals surface area contributed by atoms with Crippen LogP contribution in [0.3, 0.4) is 0 Å². The molecule has 2 N–H and O–H groups in total. The molecule has 1 unspecified atom stereocenters. The molecule has 24 heavy (non-hydrogen) atoms. The summed E-state index contributed by atoms with van der Waals surface area (Å²) >= 11 is 0. The highest BCUT2D eigenvalue weighted by atomic mass is 16.5. The molecule has 0 aliphatic carbocycles. The van der Waals surface area contributed by atoms with Gasteiger partial charge in [-0.15, -0.1) is 0 Å². The molecule has 3 rings (SSSR count). The minimum atomic E-state index is -0.0700. The molecule has 0 saturated carbocycles. The molecule has 7 heteroatoms. The normalized spacial score (nSPS) is 20.7. The van der Waals surface area contributed by atoms with E-state index in [1.54, 1.807) is 17.0 Å². The number of anilines is 1. The summed E-state index contributed by atoms with van der Waals surface area (Å²) in [6.07, 6.45) is 0.838. The summed E-state index contributed by atoms with van der Waals surface area (Å²) in [6, 6.07) is 7.20. The van der Waals surface area contributed by atoms with Gasteiger partial charge in [-0.25, -0.2) is 0 Å². The fraction of sp³-hybridized carbons (Fsp3) is 0.529. The van der Waals surface area contributed by atoms with E-state index in [1.165, 1.54) is 0 Å². The Morgan fingerprint density at radius 2 is 2.08 bits per heavy atom. The third-order valence-corrected chi connectivity index (χ3v) is 4.29. The van der Waals surface area contributed by atoms with Crippen LogP contribution >= 0.6 is 0 Å². The van der Waals surface area contributed by atoms with Crippen molar-refractivity contribution in [1.29, 1.82) is 0 Å². The molecular weight excluding hydrogens is 310 g/mol. The second kappa shape index (κ2) is 8.12. The quantitative estimate of drug-likeness (QED) is 0.819. The second-order valence-electron chi connectivity index (χ2n) is 5.96. The van der Waals surface area contributed by atoms with Gasteiger partial charge in [0.05, 0.1) is 24.8 Å². The van der Waals surface area contributed by atoms with E-state index in [4.69, 9.17) is 9.47 Å². The summed E-state index contributed by atoms with van der Waals surface area (Å²) in [4.78, 5) is 26.2. The number of nitrogens with zero attached hydrogens (tertiary/aromatic N) is 1. The van der Waals surface area contributed by atoms with Crippen molar-refractivity contribution in [2.45, 2.75) is 6.42 Å². The molecule has 1 atom stereocenters. The molecular formula is C17H23N3O4. The smallest absolute Gasteiger partial charge is 0.260 e. The van der Waals surface area contributed by atoms with Crippen LogP contribution in [0.5, 0.6) is 5.75 Å². The third-order valence-electron chi connectivity index (χ3n) is 4.29. The van der Waals surface area contributed by atoms with Gasteiger partial charge in [0.25, 0.3) is 5.91 Å². The van der Waals surface area contributed by atoms with E-state index in [0.29, 0.717) is 44.3 Å². The Morgan fingerprint density at radius 3 is 2.83 bits per heavy atom. The van der Waals surface area contributed by atoms with Crippen LogP contribution in [0.2, 0.25) is 0 Å². The number of carbonyl (C=O) groups excluding carboxylic acids is 2. The van der Waals surface area contributed by atoms with Crippen LogP contribution in [0.4, 0.5) is 5.69 Å². The number of rotatable bonds is 5. The number of para-hydroxylation sites is 2. The molecule has 0 spiro atoms. The van der Waals surface area contributed by atoms with Crippen molar-refractivity contribution in [3.63, 3.8) is 0 Å². The molecule has 0 aromatic heterocycles. The highest BCUT2D eigenvalue weighted by Crippen LogP contribution is 2.25. The van der Waals surface area contributed by atoms with Gasteiger partial charge >= 0.3 is 0 Å². The number of benzene rings is 1. The number of carbonyl (C=O) groups is 2. The number of amides is 2. The maximum atomic E-state index is 12.3. The number of morpholine rings is 1. The predicted octanol–water partition coefficient (Wildman–Crippen LogP) is 0.472. The second-order valence-corrected chi connectivity index (χ2v) is 5.96. The Bertz CT molecular complexity index is 581. The molecule has 0 radical (unpaired) electrons. The van der Waals surface area contributed by atoms with E-state index >= 15 is 0 Å². The number of hydrogen-bond acceptors (Lipinski definition) is 5. The third kappa shape index (κ3) is 4.24. The van der Waals surface area contributed by atoms with Crippen molar-refractivity contribution in [1.82, 2.24) is 10.2 Å². The maximum Gasteiger partial charge on any atom is 0.260 e. The van der Waals surface area contributed by atoms with E-state index in [9.17, 15) is 9.59 Å². The lowest BCUT2D eigenvalue weighted by Crippen LogP contribution is -2.43. The fourth-order valence-corrected chi connectivity index (χ4v) is 2.85. The first-order valence-electron chi connectivity index (χ1n) is 8.33. The molecule has 1 aromatic rings. The number of nitrogens with one attached hydrogen (secondary N) is 2. The Labute approximate surface area is 141 Å². The zero-order valence-electron chi connectivity index (χ0n) is 13.6. The number of ether oxygens (including phenoxy) is 2. The standard InChI is InChI=1S/C17H23N3O4/c21-16(20-7-9-23-10-8-20)12-24-15-4-2-1-3-14(15)19-17(22)13-5-6-18-11-13/h1-4,13,18H,5-12H2,(H,19,22). The van der Waals surface area contributed by atoms with E-state index < -0.39 is 0 Å². The summed E-state index contributed by atoms with van der Waals surface area (Å²) in [5.41, 5.74) is 0.601. The minimum Gasteiger partial charge on any atom is -0.482 e. The van der Waals surface area contributed by atoms with Crippen LogP contribution in [0, 0.1) is 5.92 Å². The van der Waals surface area contributed by atoms with Gasteiger partial charge in [-0.1, -0.05) is 12.1 Å². The molecule has 7 nitrogen and oxygen atoms in total. The van der Waals surface area contributed by atoms with Gasteiger partial charge in [0.1, 0.15) is 5.75 Å². The van der Waals surface area contributed by atoms with Crippen LogP contribution in [0.25, 0.3) is 0 Å². The van der Waals surface area contributed by atoms with Crippen LogP contribution in [0.1, 0.15) is 6.42 Å². The highest BCUT2D eigenvalue weighted by molar-refractivity contribution is 5.94. The Hall–Kier alpha value is -2.12. The zero-order chi connectivity index (χ0) is 16.8. The first-order valence-corrected chi connectivity index (χ1v) is 8.33. The van der Waals surface area contributed by atoms with Gasteiger partial charge < -0.3 is 25.0 Å². The average Bonchev–Trinajstić information content (AvgIpc) is 3.16. The molecule has 2 saturated heterocycles. The van der Waals surface area contributed by atoms with Gasteiger partial charge in [0.2, 0.25) is 5.91 Å². The van der Waals surface area contributed by atoms with E-state index in [2.05, 4.69) is 10.6 Å². The Morgan fingerprint density at radius 1 is 1.29 bits per heavy atom. The van der Waals surface area contributed by atoms with Gasteiger partial charge in [-0.05, 0) is 25.1 Å². The molecule has 2 aliphatic heterocycles. The fourth-order valence-electron chi connectivity index (χ4n) is 2.85. The van der Waals surface area contributed by atoms with Crippen LogP contribution < -0.4 is 15.4 Å². The SMILES string of the molecule is O=C(Nc1ccccc1OCC(=O)N1CCOCC1)C1CCNC1. The molecule has 2 aliphatic rings. The minimum absolute atomic E-state index is 0.0180. The Balaban J connectivity index is 1.57. The molecule has 2 amide bonds. The monoisotopic (exact) mass is 333 g/mol. The molecule has 2 fully saturated rings. The summed E-state index contributed by atoms with van der Waals surface area (Å²) in [7, 11) is 0. The van der Waals surface area contributed by atoms with Gasteiger partial charge in [-0.2, -0.15) is 0 Å². The van der Waals surface area contributed by atoms with Crippen molar-refractivity contribution in [3.8, 4) is 5.75 Å². The van der Waals surface area contributed by atoms with E-state index in [1.807, 2.05) is 12.1 Å². The van der Waals surface area contributed by atoms with Crippen molar-refractivity contribution < 1.29 is 19.1 Å². The van der Waals surface area contributed by atoms with E-state index in [0.717, 1.165) is 13.0 Å². The largest absolute Gasteiger partial charge is 0.482 e. The van der Waals surface area contributed by atoms with Crippen LogP contribution in [0.15, 0.2) is 24.3 Å². The lowest BCUT2D eigenvalue weighted by molar-refractivity contribution is -0.137. The summed E-state index contributed by atoms with van der Waals surface area (Å²) < 4.78 is 10.9. The first-order chi connectivity index (χ1) is 11.7. The van der Waals surface area contributed by atoms with Crippen LogP contribution in [-0.2, 0) is 14.3 Å². The molecule has 2 heterocycles. The van der Waals surface area contributed by atoms with Crippen molar-refractivity contribution >= 4 is 17.5 Å². The lowest BCUT2D eigenvalue weighted by Gasteiger charge is -2.26. The van der Waals surface area contributed by atoms with E-state index in [-0.39, 0.29) is 24.3 Å². The lowest BCUT2D eigenvalue weighted by atomic mass is 10.1. The Kier molecular flexibility index (Phi) is 5.66. The van der Waals surface area contributed by atoms with Crippen molar-refractivity contribution in [2.75, 3.05) is 51.3 Å². The van der Waals surface area contributed by atoms with Gasteiger partial charge in [0, 0.05) is 19.6 Å².